The van der Waals surface area contributed by atoms with Gasteiger partial charge in [0.05, 0.1) is 16.8 Å². The van der Waals surface area contributed by atoms with Crippen molar-refractivity contribution in [3.63, 3.8) is 0 Å². The number of amides is 1. The highest BCUT2D eigenvalue weighted by Crippen LogP contribution is 2.37. The normalized spacial score (nSPS) is 19.3. The highest BCUT2D eigenvalue weighted by atomic mass is 32.1. The maximum atomic E-state index is 13.0. The van der Waals surface area contributed by atoms with E-state index in [9.17, 15) is 4.79 Å². The fraction of sp³-hybridized carbons (Fsp3) is 0.474. The lowest BCUT2D eigenvalue weighted by Crippen LogP contribution is -2.44. The predicted molar refractivity (Wildman–Crippen MR) is 97.9 cm³/mol. The second-order valence-electron chi connectivity index (χ2n) is 6.98. The van der Waals surface area contributed by atoms with E-state index in [0.717, 1.165) is 44.7 Å². The van der Waals surface area contributed by atoms with Crippen molar-refractivity contribution in [1.29, 1.82) is 0 Å². The molecular formula is C19H23N3O2S. The van der Waals surface area contributed by atoms with Crippen molar-refractivity contribution in [2.75, 3.05) is 26.2 Å². The minimum absolute atomic E-state index is 0.0784. The van der Waals surface area contributed by atoms with E-state index in [4.69, 9.17) is 4.74 Å². The Morgan fingerprint density at radius 3 is 2.84 bits per heavy atom. The second-order valence-corrected chi connectivity index (χ2v) is 7.70. The Bertz CT molecular complexity index is 716. The Balaban J connectivity index is 1.43. The smallest absolute Gasteiger partial charge is 0.257 e. The zero-order valence-corrected chi connectivity index (χ0v) is 15.1. The van der Waals surface area contributed by atoms with Crippen LogP contribution in [0.25, 0.3) is 0 Å². The molecule has 0 unspecified atom stereocenters. The largest absolute Gasteiger partial charge is 0.486 e. The summed E-state index contributed by atoms with van der Waals surface area (Å²) in [5.41, 5.74) is 3.74. The highest BCUT2D eigenvalue weighted by Gasteiger charge is 2.38. The van der Waals surface area contributed by atoms with Gasteiger partial charge in [0.1, 0.15) is 12.4 Å². The number of carbonyl (C=O) groups is 1. The lowest BCUT2D eigenvalue weighted by molar-refractivity contribution is 0.0603. The van der Waals surface area contributed by atoms with Gasteiger partial charge < -0.3 is 15.0 Å². The molecule has 1 amide bonds. The molecule has 0 bridgehead atoms. The fourth-order valence-corrected chi connectivity index (χ4v) is 4.35. The van der Waals surface area contributed by atoms with Crippen molar-refractivity contribution in [2.45, 2.75) is 25.9 Å². The Labute approximate surface area is 152 Å². The van der Waals surface area contributed by atoms with E-state index in [-0.39, 0.29) is 5.91 Å². The zero-order chi connectivity index (χ0) is 17.1. The molecule has 1 N–H and O–H groups in total. The van der Waals surface area contributed by atoms with Crippen LogP contribution in [-0.2, 0) is 6.61 Å². The molecule has 2 aromatic rings. The topological polar surface area (TPSA) is 54.5 Å². The monoisotopic (exact) mass is 357 g/mol. The molecule has 2 saturated heterocycles. The Hall–Kier alpha value is -1.92. The molecule has 2 aliphatic rings. The van der Waals surface area contributed by atoms with Crippen LogP contribution in [0.4, 0.5) is 0 Å². The van der Waals surface area contributed by atoms with E-state index in [1.54, 1.807) is 16.8 Å². The first kappa shape index (κ1) is 16.5. The van der Waals surface area contributed by atoms with Gasteiger partial charge in [-0.3, -0.25) is 4.79 Å². The summed E-state index contributed by atoms with van der Waals surface area (Å²) in [6, 6.07) is 7.53. The van der Waals surface area contributed by atoms with Gasteiger partial charge in [-0.2, -0.15) is 0 Å². The number of likely N-dealkylation sites (tertiary alicyclic amines) is 1. The van der Waals surface area contributed by atoms with Gasteiger partial charge in [0.15, 0.2) is 0 Å². The summed E-state index contributed by atoms with van der Waals surface area (Å²) in [5, 5.41) is 5.43. The number of hydrogen-bond acceptors (Lipinski definition) is 5. The van der Waals surface area contributed by atoms with Crippen LogP contribution >= 0.6 is 11.3 Å². The molecule has 132 valence electrons. The van der Waals surface area contributed by atoms with Gasteiger partial charge in [0, 0.05) is 25.0 Å². The van der Waals surface area contributed by atoms with Crippen LogP contribution < -0.4 is 10.1 Å². The predicted octanol–water partition coefficient (Wildman–Crippen LogP) is 2.94. The molecule has 4 rings (SSSR count). The summed E-state index contributed by atoms with van der Waals surface area (Å²) in [6.07, 6.45) is 3.42. The molecule has 0 aliphatic carbocycles. The molecule has 1 aromatic heterocycles. The van der Waals surface area contributed by atoms with E-state index in [0.29, 0.717) is 23.3 Å². The molecular weight excluding hydrogens is 334 g/mol. The third-order valence-corrected chi connectivity index (χ3v) is 6.06. The lowest BCUT2D eigenvalue weighted by atomic mass is 9.78. The fourth-order valence-electron chi connectivity index (χ4n) is 3.81. The van der Waals surface area contributed by atoms with Gasteiger partial charge in [0.2, 0.25) is 0 Å². The van der Waals surface area contributed by atoms with Gasteiger partial charge in [-0.25, -0.2) is 4.98 Å². The molecule has 0 saturated carbocycles. The summed E-state index contributed by atoms with van der Waals surface area (Å²) in [5.74, 6) is 0.720. The van der Waals surface area contributed by atoms with Crippen molar-refractivity contribution >= 4 is 17.2 Å². The number of benzene rings is 1. The first-order chi connectivity index (χ1) is 12.3. The average molecular weight is 357 g/mol. The van der Waals surface area contributed by atoms with Crippen molar-refractivity contribution in [3.8, 4) is 5.75 Å². The third-order valence-electron chi connectivity index (χ3n) is 5.42. The molecule has 1 spiro atoms. The van der Waals surface area contributed by atoms with Gasteiger partial charge >= 0.3 is 0 Å². The number of rotatable bonds is 4. The second kappa shape index (κ2) is 7.14. The van der Waals surface area contributed by atoms with E-state index >= 15 is 0 Å². The summed E-state index contributed by atoms with van der Waals surface area (Å²) in [7, 11) is 0. The van der Waals surface area contributed by atoms with Crippen molar-refractivity contribution < 1.29 is 9.53 Å². The van der Waals surface area contributed by atoms with Gasteiger partial charge in [-0.05, 0) is 43.4 Å². The first-order valence-electron chi connectivity index (χ1n) is 8.85. The average Bonchev–Trinajstić information content (AvgIpc) is 3.33. The minimum atomic E-state index is 0.0784. The molecule has 5 nitrogen and oxygen atoms in total. The van der Waals surface area contributed by atoms with Crippen LogP contribution in [0.1, 0.15) is 35.3 Å². The summed E-state index contributed by atoms with van der Waals surface area (Å²) >= 11 is 1.55. The van der Waals surface area contributed by atoms with Gasteiger partial charge in [-0.1, -0.05) is 12.1 Å². The molecule has 2 fully saturated rings. The van der Waals surface area contributed by atoms with Crippen LogP contribution in [0.15, 0.2) is 35.2 Å². The number of nitrogens with one attached hydrogen (secondary N) is 1. The molecule has 0 radical (unpaired) electrons. The number of aromatic nitrogens is 1. The standard InChI is InChI=1S/C19H23N3O2S/c23-18(22-9-6-19(7-10-22)5-8-20-13-19)16-3-1-2-4-17(16)24-11-15-12-25-14-21-15/h1-4,12,14,20H,5-11,13H2. The SMILES string of the molecule is O=C(c1ccccc1OCc1cscn1)N1CCC2(CCNC2)CC1. The van der Waals surface area contributed by atoms with Crippen molar-refractivity contribution in [3.05, 3.63) is 46.4 Å². The molecule has 3 heterocycles. The van der Waals surface area contributed by atoms with Crippen LogP contribution in [0.2, 0.25) is 0 Å². The highest BCUT2D eigenvalue weighted by molar-refractivity contribution is 7.07. The summed E-state index contributed by atoms with van der Waals surface area (Å²) in [6.45, 7) is 4.27. The molecule has 25 heavy (non-hydrogen) atoms. The molecule has 1 aromatic carbocycles. The van der Waals surface area contributed by atoms with Crippen LogP contribution in [0.3, 0.4) is 0 Å². The Morgan fingerprint density at radius 1 is 1.28 bits per heavy atom. The zero-order valence-electron chi connectivity index (χ0n) is 14.2. The number of piperidine rings is 1. The number of para-hydroxylation sites is 1. The molecule has 2 aliphatic heterocycles. The first-order valence-corrected chi connectivity index (χ1v) is 9.79. The van der Waals surface area contributed by atoms with E-state index in [1.807, 2.05) is 34.5 Å². The van der Waals surface area contributed by atoms with Crippen molar-refractivity contribution in [2.24, 2.45) is 5.41 Å². The van der Waals surface area contributed by atoms with Crippen molar-refractivity contribution in [1.82, 2.24) is 15.2 Å². The molecule has 6 heteroatoms. The van der Waals surface area contributed by atoms with E-state index in [1.165, 1.54) is 6.42 Å². The summed E-state index contributed by atoms with van der Waals surface area (Å²) < 4.78 is 5.87. The van der Waals surface area contributed by atoms with E-state index in [2.05, 4.69) is 10.3 Å². The lowest BCUT2D eigenvalue weighted by Gasteiger charge is -2.39. The van der Waals surface area contributed by atoms with Crippen LogP contribution in [-0.4, -0.2) is 42.0 Å². The number of thiazole rings is 1. The number of carbonyl (C=O) groups excluding carboxylic acids is 1. The number of ether oxygens (including phenoxy) is 1. The van der Waals surface area contributed by atoms with Gasteiger partial charge in [0.25, 0.3) is 5.91 Å². The number of hydrogen-bond donors (Lipinski definition) is 1. The molecule has 0 atom stereocenters. The van der Waals surface area contributed by atoms with Crippen LogP contribution in [0, 0.1) is 5.41 Å². The quantitative estimate of drug-likeness (QED) is 0.914. The van der Waals surface area contributed by atoms with Gasteiger partial charge in [-0.15, -0.1) is 11.3 Å². The summed E-state index contributed by atoms with van der Waals surface area (Å²) in [4.78, 5) is 19.2. The van der Waals surface area contributed by atoms with Crippen LogP contribution in [0.5, 0.6) is 5.75 Å². The third kappa shape index (κ3) is 3.55. The minimum Gasteiger partial charge on any atom is -0.486 e. The Morgan fingerprint density at radius 2 is 2.12 bits per heavy atom. The maximum Gasteiger partial charge on any atom is 0.257 e. The van der Waals surface area contributed by atoms with E-state index < -0.39 is 0 Å². The Kier molecular flexibility index (Phi) is 4.72. The number of nitrogens with zero attached hydrogens (tertiary/aromatic N) is 2. The maximum absolute atomic E-state index is 13.0.